The molecular formula is C56H70Cl2F3N13O10S2. The predicted molar refractivity (Wildman–Crippen MR) is 320 cm³/mol. The van der Waals surface area contributed by atoms with Gasteiger partial charge in [0.15, 0.2) is 11.3 Å². The van der Waals surface area contributed by atoms with Gasteiger partial charge in [0.25, 0.3) is 11.8 Å². The van der Waals surface area contributed by atoms with E-state index in [0.29, 0.717) is 53.6 Å². The number of aryl methyl sites for hydroxylation is 2. The van der Waals surface area contributed by atoms with Gasteiger partial charge in [-0.3, -0.25) is 23.8 Å². The summed E-state index contributed by atoms with van der Waals surface area (Å²) in [6, 6.07) is 12.4. The molecule has 0 spiro atoms. The number of likely N-dealkylation sites (tertiary alicyclic amines) is 2. The molecule has 4 saturated heterocycles. The van der Waals surface area contributed by atoms with E-state index in [4.69, 9.17) is 63.7 Å². The van der Waals surface area contributed by atoms with E-state index in [2.05, 4.69) is 19.2 Å². The lowest BCUT2D eigenvalue weighted by Gasteiger charge is -2.41. The number of rotatable bonds is 14. The Morgan fingerprint density at radius 1 is 0.686 bits per heavy atom. The van der Waals surface area contributed by atoms with Crippen molar-refractivity contribution in [2.45, 2.75) is 110 Å². The van der Waals surface area contributed by atoms with Crippen LogP contribution in [0.1, 0.15) is 127 Å². The maximum absolute atomic E-state index is 13.8. The molecule has 5 N–H and O–H groups in total. The van der Waals surface area contributed by atoms with Crippen LogP contribution in [0.4, 0.5) is 36.2 Å². The summed E-state index contributed by atoms with van der Waals surface area (Å²) in [6.45, 7) is 14.8. The summed E-state index contributed by atoms with van der Waals surface area (Å²) in [7, 11) is -7.18. The molecule has 23 nitrogen and oxygen atoms in total. The number of hydrogen-bond acceptors (Lipinski definition) is 16. The van der Waals surface area contributed by atoms with Crippen LogP contribution in [0.15, 0.2) is 60.9 Å². The zero-order valence-electron chi connectivity index (χ0n) is 48.6. The lowest BCUT2D eigenvalue weighted by atomic mass is 9.94. The topological polar surface area (TPSA) is 289 Å². The van der Waals surface area contributed by atoms with Crippen molar-refractivity contribution in [3.8, 4) is 0 Å². The third kappa shape index (κ3) is 16.3. The minimum atomic E-state index is -5.08. The third-order valence-electron chi connectivity index (χ3n) is 14.7. The van der Waals surface area contributed by atoms with Gasteiger partial charge in [-0.15, -0.1) is 0 Å². The molecule has 30 heteroatoms. The van der Waals surface area contributed by atoms with Crippen LogP contribution < -0.4 is 25.0 Å². The van der Waals surface area contributed by atoms with Crippen molar-refractivity contribution in [2.75, 3.05) is 77.6 Å². The van der Waals surface area contributed by atoms with Crippen molar-refractivity contribution < 1.29 is 59.0 Å². The van der Waals surface area contributed by atoms with Gasteiger partial charge in [0.1, 0.15) is 17.2 Å². The number of nitrogens with one attached hydrogen (secondary N) is 2. The summed E-state index contributed by atoms with van der Waals surface area (Å²) in [4.78, 5) is 66.3. The van der Waals surface area contributed by atoms with Crippen LogP contribution in [0, 0.1) is 25.7 Å². The number of amides is 2. The van der Waals surface area contributed by atoms with E-state index in [1.54, 1.807) is 31.0 Å². The van der Waals surface area contributed by atoms with Gasteiger partial charge in [-0.25, -0.2) is 40.6 Å². The smallest absolute Gasteiger partial charge is 0.475 e. The molecule has 4 fully saturated rings. The second-order valence-electron chi connectivity index (χ2n) is 23.1. The van der Waals surface area contributed by atoms with Gasteiger partial charge in [-0.2, -0.15) is 23.4 Å². The minimum Gasteiger partial charge on any atom is -0.475 e. The van der Waals surface area contributed by atoms with Crippen LogP contribution in [0.2, 0.25) is 10.0 Å². The van der Waals surface area contributed by atoms with Gasteiger partial charge in [-0.05, 0) is 128 Å². The van der Waals surface area contributed by atoms with Crippen molar-refractivity contribution in [3.63, 3.8) is 0 Å². The summed E-state index contributed by atoms with van der Waals surface area (Å²) in [5, 5.41) is 17.4. The molecule has 2 atom stereocenters. The van der Waals surface area contributed by atoms with Crippen LogP contribution in [-0.2, 0) is 34.4 Å². The molecule has 8 heterocycles. The molecule has 0 aliphatic carbocycles. The molecule has 6 aromatic rings. The first-order valence-electron chi connectivity index (χ1n) is 27.9. The van der Waals surface area contributed by atoms with Gasteiger partial charge < -0.3 is 35.2 Å². The monoisotopic (exact) mass is 1280 g/mol. The largest absolute Gasteiger partial charge is 0.490 e. The highest BCUT2D eigenvalue weighted by atomic mass is 35.5. The molecular weight excluding hydrogens is 1210 g/mol. The third-order valence-corrected chi connectivity index (χ3v) is 16.4. The van der Waals surface area contributed by atoms with Gasteiger partial charge in [0.2, 0.25) is 20.0 Å². The molecule has 0 saturated carbocycles. The average Bonchev–Trinajstić information content (AvgIpc) is 3.62. The lowest BCUT2D eigenvalue weighted by Crippen LogP contribution is -2.50. The standard InChI is InChI=1S/C30H39ClN6O5S.C24H30ClN7O3S.C2HF3O2/c1-19-16-37-26(32-28(19)35-17-20(18-35)9-12-27(38)42-30(2,3)4)15-24(33-37)25-8-6-7-13-36(25)29(39)22-14-21(31)10-11-23(22)34-43(5,40)41;1-15-12-32-22(27-23(15)30-13-16(11-26)14-30)10-20(28-32)21-5-3-4-8-31(21)24(33)18-9-17(25)6-7-19(18)29-36(2,34)35;3-2(4,5)1(6)7/h10-11,14-16,20,25,34H,6-9,12-13,17-18H2,1-5H3;6-7,9-10,12,16,21,29H,3-5,8,11,13-14,26H2,1-2H3;(H,6,7)/t25-;21-;/m00./s1. The Morgan fingerprint density at radius 3 is 1.47 bits per heavy atom. The molecule has 0 radical (unpaired) electrons. The summed E-state index contributed by atoms with van der Waals surface area (Å²) < 4.78 is 93.3. The van der Waals surface area contributed by atoms with E-state index >= 15 is 0 Å². The van der Waals surface area contributed by atoms with E-state index in [-0.39, 0.29) is 52.4 Å². The number of nitrogens with zero attached hydrogens (tertiary/aromatic N) is 10. The summed E-state index contributed by atoms with van der Waals surface area (Å²) in [5.41, 5.74) is 11.0. The number of nitrogens with two attached hydrogens (primary N) is 1. The number of carbonyl (C=O) groups excluding carboxylic acids is 3. The number of ether oxygens (including phenoxy) is 1. The van der Waals surface area contributed by atoms with Crippen molar-refractivity contribution in [1.29, 1.82) is 0 Å². The minimum absolute atomic E-state index is 0.165. The fourth-order valence-electron chi connectivity index (χ4n) is 10.8. The average molecular weight is 1280 g/mol. The molecule has 0 unspecified atom stereocenters. The number of alkyl halides is 3. The van der Waals surface area contributed by atoms with Gasteiger partial charge >= 0.3 is 18.1 Å². The highest BCUT2D eigenvalue weighted by Gasteiger charge is 2.39. The highest BCUT2D eigenvalue weighted by molar-refractivity contribution is 7.92. The number of aromatic nitrogens is 6. The molecule has 466 valence electrons. The number of hydrogen-bond donors (Lipinski definition) is 4. The van der Waals surface area contributed by atoms with E-state index in [9.17, 15) is 44.4 Å². The number of anilines is 4. The number of carboxylic acid groups (broad SMARTS) is 1. The van der Waals surface area contributed by atoms with Crippen molar-refractivity contribution in [1.82, 2.24) is 39.0 Å². The Bertz CT molecular complexity index is 3760. The van der Waals surface area contributed by atoms with E-state index < -0.39 is 37.8 Å². The molecule has 4 aliphatic heterocycles. The van der Waals surface area contributed by atoms with Crippen molar-refractivity contribution >= 4 is 101 Å². The Kier molecular flexibility index (Phi) is 19.7. The second kappa shape index (κ2) is 26.1. The number of esters is 1. The highest BCUT2D eigenvalue weighted by Crippen LogP contribution is 2.38. The number of halogens is 5. The Labute approximate surface area is 506 Å². The summed E-state index contributed by atoms with van der Waals surface area (Å²) in [5.74, 6) is -0.791. The number of fused-ring (bicyclic) bond motifs is 2. The number of carbonyl (C=O) groups is 4. The molecule has 0 bridgehead atoms. The normalized spacial score (nSPS) is 17.9. The maximum Gasteiger partial charge on any atom is 0.490 e. The van der Waals surface area contributed by atoms with Crippen molar-refractivity contribution in [3.05, 3.63) is 105 Å². The SMILES string of the molecule is Cc1cn2nc([C@@H]3CCCCN3C(=O)c3cc(Cl)ccc3NS(C)(=O)=O)cc2nc1N1CC(CCC(=O)OC(C)(C)C)C1.Cc1cn2nc([C@@H]3CCCCN3C(=O)c3cc(Cl)ccc3NS(C)(=O)=O)cc2nc1N1CC(CN)C1.O=C(O)C(F)(F)F. The van der Waals surface area contributed by atoms with Crippen LogP contribution in [0.3, 0.4) is 0 Å². The Hall–Kier alpha value is -7.01. The predicted octanol–water partition coefficient (Wildman–Crippen LogP) is 8.45. The lowest BCUT2D eigenvalue weighted by molar-refractivity contribution is -0.192. The Morgan fingerprint density at radius 2 is 1.09 bits per heavy atom. The summed E-state index contributed by atoms with van der Waals surface area (Å²) in [6.07, 6.45) is 7.17. The van der Waals surface area contributed by atoms with E-state index in [0.717, 1.165) is 123 Å². The second-order valence-corrected chi connectivity index (χ2v) is 27.5. The summed E-state index contributed by atoms with van der Waals surface area (Å²) >= 11 is 12.4. The van der Waals surface area contributed by atoms with Crippen LogP contribution in [0.5, 0.6) is 0 Å². The fourth-order valence-corrected chi connectivity index (χ4v) is 12.3. The maximum atomic E-state index is 13.8. The zero-order chi connectivity index (χ0) is 62.8. The molecule has 4 aliphatic rings. The van der Waals surface area contributed by atoms with Gasteiger partial charge in [0.05, 0.1) is 58.5 Å². The number of aliphatic carboxylic acids is 1. The Balaban J connectivity index is 0.000000203. The van der Waals surface area contributed by atoms with Crippen LogP contribution in [-0.4, -0.2) is 155 Å². The first-order valence-corrected chi connectivity index (χ1v) is 32.4. The molecule has 86 heavy (non-hydrogen) atoms. The first kappa shape index (κ1) is 65.0. The van der Waals surface area contributed by atoms with E-state index in [1.807, 2.05) is 59.1 Å². The first-order chi connectivity index (χ1) is 40.2. The zero-order valence-corrected chi connectivity index (χ0v) is 51.7. The van der Waals surface area contributed by atoms with Gasteiger partial charge in [-0.1, -0.05) is 23.2 Å². The number of piperidine rings is 2. The van der Waals surface area contributed by atoms with Crippen LogP contribution >= 0.6 is 23.2 Å². The molecule has 4 aromatic heterocycles. The van der Waals surface area contributed by atoms with Gasteiger partial charge in [0, 0.05) is 97.3 Å². The molecule has 2 aromatic carbocycles. The quantitative estimate of drug-likeness (QED) is 0.0744. The van der Waals surface area contributed by atoms with Crippen molar-refractivity contribution in [2.24, 2.45) is 17.6 Å². The molecule has 10 rings (SSSR count). The number of benzene rings is 2. The fraction of sp³-hybridized carbons (Fsp3) is 0.500. The molecule has 2 amide bonds. The van der Waals surface area contributed by atoms with Crippen LogP contribution in [0.25, 0.3) is 11.3 Å². The van der Waals surface area contributed by atoms with E-state index in [1.165, 1.54) is 24.3 Å². The number of sulfonamides is 2. The number of carboxylic acids is 1.